The fourth-order valence-corrected chi connectivity index (χ4v) is 2.72. The van der Waals surface area contributed by atoms with Gasteiger partial charge in [-0.05, 0) is 18.2 Å². The average molecular weight is 328 g/mol. The summed E-state index contributed by atoms with van der Waals surface area (Å²) in [7, 11) is 2.74. The molecule has 1 aliphatic rings. The van der Waals surface area contributed by atoms with Gasteiger partial charge in [0, 0.05) is 17.2 Å². The molecule has 0 atom stereocenters. The number of aromatic carboxylic acids is 1. The first-order valence-electron chi connectivity index (χ1n) is 6.84. The number of rotatable bonds is 3. The summed E-state index contributed by atoms with van der Waals surface area (Å²) in [6, 6.07) is 4.85. The van der Waals surface area contributed by atoms with Crippen LogP contribution in [0.1, 0.15) is 42.2 Å². The Bertz CT molecular complexity index is 912. The third-order valence-electron chi connectivity index (χ3n) is 3.84. The summed E-state index contributed by atoms with van der Waals surface area (Å²) in [6.45, 7) is 0. The third-order valence-corrected chi connectivity index (χ3v) is 3.84. The van der Waals surface area contributed by atoms with E-state index in [4.69, 9.17) is 14.6 Å². The number of ketones is 2. The zero-order chi connectivity index (χ0) is 17.6. The predicted octanol–water partition coefficient (Wildman–Crippen LogP) is 1.88. The first-order chi connectivity index (χ1) is 11.4. The van der Waals surface area contributed by atoms with Crippen molar-refractivity contribution in [3.05, 3.63) is 52.1 Å². The predicted molar refractivity (Wildman–Crippen MR) is 81.5 cm³/mol. The van der Waals surface area contributed by atoms with Crippen molar-refractivity contribution in [3.8, 4) is 17.2 Å². The molecule has 2 N–H and O–H groups in total. The summed E-state index contributed by atoms with van der Waals surface area (Å²) < 4.78 is 10.3. The normalized spacial score (nSPS) is 12.4. The van der Waals surface area contributed by atoms with Gasteiger partial charge in [0.05, 0.1) is 30.9 Å². The van der Waals surface area contributed by atoms with Gasteiger partial charge in [0.2, 0.25) is 5.78 Å². The Balaban J connectivity index is 2.34. The molecule has 1 aliphatic carbocycles. The summed E-state index contributed by atoms with van der Waals surface area (Å²) >= 11 is 0. The standard InChI is InChI=1S/C17H12O7/c1-23-8-5-10-14(12(6-8)24-2)16(20)13-9(15(10)19)3-7(17(21)22)4-11(13)18/h3-6,18H,1-2H3,(H,21,22). The number of carbonyl (C=O) groups is 3. The minimum Gasteiger partial charge on any atom is -0.507 e. The van der Waals surface area contributed by atoms with Crippen LogP contribution in [0, 0.1) is 0 Å². The van der Waals surface area contributed by atoms with E-state index in [-0.39, 0.29) is 33.6 Å². The largest absolute Gasteiger partial charge is 0.507 e. The molecule has 0 unspecified atom stereocenters. The van der Waals surface area contributed by atoms with Gasteiger partial charge in [-0.15, -0.1) is 0 Å². The van der Waals surface area contributed by atoms with Gasteiger partial charge >= 0.3 is 5.97 Å². The monoisotopic (exact) mass is 328 g/mol. The Hall–Kier alpha value is -3.35. The fourth-order valence-electron chi connectivity index (χ4n) is 2.72. The van der Waals surface area contributed by atoms with Crippen molar-refractivity contribution in [1.82, 2.24) is 0 Å². The van der Waals surface area contributed by atoms with Crippen LogP contribution in [0.5, 0.6) is 17.2 Å². The van der Waals surface area contributed by atoms with Crippen LogP contribution < -0.4 is 9.47 Å². The summed E-state index contributed by atoms with van der Waals surface area (Å²) in [5, 5.41) is 19.1. The maximum Gasteiger partial charge on any atom is 0.335 e. The minimum absolute atomic E-state index is 0.00850. The number of carboxylic acids is 1. The Morgan fingerprint density at radius 1 is 0.917 bits per heavy atom. The van der Waals surface area contributed by atoms with Crippen molar-refractivity contribution in [1.29, 1.82) is 0 Å². The molecule has 0 spiro atoms. The highest BCUT2D eigenvalue weighted by molar-refractivity contribution is 6.30. The van der Waals surface area contributed by atoms with Gasteiger partial charge in [-0.2, -0.15) is 0 Å². The summed E-state index contributed by atoms with van der Waals surface area (Å²) in [5.41, 5.74) is -0.647. The van der Waals surface area contributed by atoms with Crippen molar-refractivity contribution >= 4 is 17.5 Å². The fraction of sp³-hybridized carbons (Fsp3) is 0.118. The summed E-state index contributed by atoms with van der Waals surface area (Å²) in [6.07, 6.45) is 0. The van der Waals surface area contributed by atoms with Crippen molar-refractivity contribution in [2.24, 2.45) is 0 Å². The molecule has 24 heavy (non-hydrogen) atoms. The second-order valence-electron chi connectivity index (χ2n) is 5.13. The van der Waals surface area contributed by atoms with Crippen molar-refractivity contribution in [2.75, 3.05) is 14.2 Å². The van der Waals surface area contributed by atoms with Crippen LogP contribution in [0.3, 0.4) is 0 Å². The van der Waals surface area contributed by atoms with Crippen LogP contribution in [0.2, 0.25) is 0 Å². The number of phenolic OH excluding ortho intramolecular Hbond substituents is 1. The summed E-state index contributed by atoms with van der Waals surface area (Å²) in [5.74, 6) is -2.64. The third kappa shape index (κ3) is 2.10. The SMILES string of the molecule is COc1cc(OC)c2c(c1)C(=O)c1cc(C(=O)O)cc(O)c1C2=O. The molecule has 0 bridgehead atoms. The van der Waals surface area contributed by atoms with E-state index < -0.39 is 23.3 Å². The second kappa shape index (κ2) is 5.38. The molecule has 0 radical (unpaired) electrons. The molecule has 122 valence electrons. The zero-order valence-electron chi connectivity index (χ0n) is 12.7. The number of fused-ring (bicyclic) bond motifs is 2. The Kier molecular flexibility index (Phi) is 3.48. The molecule has 7 nitrogen and oxygen atoms in total. The van der Waals surface area contributed by atoms with Crippen LogP contribution in [0.15, 0.2) is 24.3 Å². The molecule has 0 heterocycles. The van der Waals surface area contributed by atoms with E-state index in [0.717, 1.165) is 12.1 Å². The van der Waals surface area contributed by atoms with Crippen LogP contribution in [-0.2, 0) is 0 Å². The highest BCUT2D eigenvalue weighted by atomic mass is 16.5. The number of hydrogen-bond donors (Lipinski definition) is 2. The number of aromatic hydroxyl groups is 1. The van der Waals surface area contributed by atoms with E-state index in [1.54, 1.807) is 0 Å². The molecule has 3 rings (SSSR count). The number of phenols is 1. The maximum atomic E-state index is 12.8. The van der Waals surface area contributed by atoms with Gasteiger partial charge in [-0.25, -0.2) is 4.79 Å². The molecular weight excluding hydrogens is 316 g/mol. The van der Waals surface area contributed by atoms with Gasteiger partial charge < -0.3 is 19.7 Å². The number of carboxylic acid groups (broad SMARTS) is 1. The van der Waals surface area contributed by atoms with Crippen molar-refractivity contribution < 1.29 is 34.1 Å². The Morgan fingerprint density at radius 2 is 1.58 bits per heavy atom. The molecule has 7 heteroatoms. The van der Waals surface area contributed by atoms with E-state index in [1.807, 2.05) is 0 Å². The highest BCUT2D eigenvalue weighted by Gasteiger charge is 2.36. The lowest BCUT2D eigenvalue weighted by Gasteiger charge is -2.21. The van der Waals surface area contributed by atoms with Gasteiger partial charge in [0.25, 0.3) is 0 Å². The molecule has 0 aromatic heterocycles. The lowest BCUT2D eigenvalue weighted by Crippen LogP contribution is -2.22. The smallest absolute Gasteiger partial charge is 0.335 e. The van der Waals surface area contributed by atoms with E-state index in [0.29, 0.717) is 5.75 Å². The van der Waals surface area contributed by atoms with Crippen LogP contribution in [0.25, 0.3) is 0 Å². The molecular formula is C17H12O7. The number of benzene rings is 2. The summed E-state index contributed by atoms with van der Waals surface area (Å²) in [4.78, 5) is 36.6. The zero-order valence-corrected chi connectivity index (χ0v) is 12.7. The molecule has 2 aromatic rings. The Morgan fingerprint density at radius 3 is 2.17 bits per heavy atom. The maximum absolute atomic E-state index is 12.8. The Labute approximate surface area is 136 Å². The molecule has 0 amide bonds. The number of hydrogen-bond acceptors (Lipinski definition) is 6. The first-order valence-corrected chi connectivity index (χ1v) is 6.84. The van der Waals surface area contributed by atoms with E-state index in [9.17, 15) is 19.5 Å². The number of carbonyl (C=O) groups excluding carboxylic acids is 2. The number of ether oxygens (including phenoxy) is 2. The second-order valence-corrected chi connectivity index (χ2v) is 5.13. The molecule has 0 saturated carbocycles. The van der Waals surface area contributed by atoms with Gasteiger partial charge in [-0.1, -0.05) is 0 Å². The first kappa shape index (κ1) is 15.5. The van der Waals surface area contributed by atoms with Gasteiger partial charge in [0.1, 0.15) is 17.2 Å². The van der Waals surface area contributed by atoms with E-state index in [1.165, 1.54) is 26.4 Å². The van der Waals surface area contributed by atoms with Crippen molar-refractivity contribution in [3.63, 3.8) is 0 Å². The van der Waals surface area contributed by atoms with Crippen LogP contribution in [-0.4, -0.2) is 42.0 Å². The van der Waals surface area contributed by atoms with E-state index in [2.05, 4.69) is 0 Å². The number of methoxy groups -OCH3 is 2. The minimum atomic E-state index is -1.32. The molecule has 0 aliphatic heterocycles. The van der Waals surface area contributed by atoms with Gasteiger partial charge in [0.15, 0.2) is 5.78 Å². The highest BCUT2D eigenvalue weighted by Crippen LogP contribution is 2.39. The lowest BCUT2D eigenvalue weighted by atomic mass is 9.82. The molecule has 2 aromatic carbocycles. The van der Waals surface area contributed by atoms with Crippen LogP contribution in [0.4, 0.5) is 0 Å². The van der Waals surface area contributed by atoms with E-state index >= 15 is 0 Å². The quantitative estimate of drug-likeness (QED) is 0.755. The topological polar surface area (TPSA) is 110 Å². The van der Waals surface area contributed by atoms with Crippen molar-refractivity contribution in [2.45, 2.75) is 0 Å². The van der Waals surface area contributed by atoms with Crippen LogP contribution >= 0.6 is 0 Å². The molecule has 0 saturated heterocycles. The lowest BCUT2D eigenvalue weighted by molar-refractivity contribution is 0.0695. The van der Waals surface area contributed by atoms with Gasteiger partial charge in [-0.3, -0.25) is 9.59 Å². The average Bonchev–Trinajstić information content (AvgIpc) is 2.57. The molecule has 0 fully saturated rings.